The van der Waals surface area contributed by atoms with Crippen molar-refractivity contribution in [3.05, 3.63) is 34.9 Å². The van der Waals surface area contributed by atoms with E-state index in [0.717, 1.165) is 18.1 Å². The van der Waals surface area contributed by atoms with Gasteiger partial charge < -0.3 is 5.32 Å². The average molecular weight is 283 g/mol. The summed E-state index contributed by atoms with van der Waals surface area (Å²) < 4.78 is 0. The van der Waals surface area contributed by atoms with Gasteiger partial charge in [0.2, 0.25) is 0 Å². The molecule has 0 amide bonds. The fourth-order valence-corrected chi connectivity index (χ4v) is 2.43. The lowest BCUT2D eigenvalue weighted by Crippen LogP contribution is -2.23. The van der Waals surface area contributed by atoms with Crippen molar-refractivity contribution in [3.8, 4) is 0 Å². The average Bonchev–Trinajstić information content (AvgIpc) is 2.41. The van der Waals surface area contributed by atoms with Crippen molar-refractivity contribution in [2.45, 2.75) is 38.6 Å². The van der Waals surface area contributed by atoms with Crippen molar-refractivity contribution in [2.75, 3.05) is 27.2 Å². The Kier molecular flexibility index (Phi) is 8.11. The van der Waals surface area contributed by atoms with Gasteiger partial charge in [-0.3, -0.25) is 4.90 Å². The summed E-state index contributed by atoms with van der Waals surface area (Å²) in [6.07, 6.45) is 5.18. The van der Waals surface area contributed by atoms with E-state index in [2.05, 4.69) is 36.3 Å². The first kappa shape index (κ1) is 16.5. The van der Waals surface area contributed by atoms with Crippen LogP contribution in [-0.2, 0) is 0 Å². The number of unbranched alkanes of at least 4 members (excludes halogenated alkanes) is 3. The van der Waals surface area contributed by atoms with Crippen molar-refractivity contribution in [2.24, 2.45) is 0 Å². The molecule has 0 aliphatic rings. The summed E-state index contributed by atoms with van der Waals surface area (Å²) in [4.78, 5) is 2.41. The Labute approximate surface area is 123 Å². The van der Waals surface area contributed by atoms with E-state index in [0.29, 0.717) is 6.04 Å². The quantitative estimate of drug-likeness (QED) is 0.686. The fourth-order valence-electron chi connectivity index (χ4n) is 2.23. The van der Waals surface area contributed by atoms with Gasteiger partial charge >= 0.3 is 0 Å². The lowest BCUT2D eigenvalue weighted by atomic mass is 10.1. The second-order valence-electron chi connectivity index (χ2n) is 5.23. The zero-order chi connectivity index (χ0) is 14.1. The van der Waals surface area contributed by atoms with Crippen LogP contribution >= 0.6 is 11.6 Å². The highest BCUT2D eigenvalue weighted by atomic mass is 35.5. The predicted octanol–water partition coefficient (Wildman–Crippen LogP) is 4.11. The summed E-state index contributed by atoms with van der Waals surface area (Å²) in [6, 6.07) is 8.60. The summed E-state index contributed by atoms with van der Waals surface area (Å²) in [5.74, 6) is 0. The number of nitrogens with zero attached hydrogens (tertiary/aromatic N) is 1. The van der Waals surface area contributed by atoms with Gasteiger partial charge in [0.25, 0.3) is 0 Å². The van der Waals surface area contributed by atoms with Gasteiger partial charge in [0.1, 0.15) is 0 Å². The van der Waals surface area contributed by atoms with E-state index in [1.807, 2.05) is 19.2 Å². The molecule has 0 aliphatic carbocycles. The van der Waals surface area contributed by atoms with Gasteiger partial charge in [-0.1, -0.05) is 36.6 Å². The normalized spacial score (nSPS) is 12.9. The largest absolute Gasteiger partial charge is 0.320 e. The van der Waals surface area contributed by atoms with Gasteiger partial charge in [0, 0.05) is 11.1 Å². The van der Waals surface area contributed by atoms with E-state index in [1.165, 1.54) is 31.2 Å². The maximum absolute atomic E-state index is 6.04. The Morgan fingerprint density at radius 2 is 1.95 bits per heavy atom. The number of benzene rings is 1. The molecular formula is C16H27ClN2. The highest BCUT2D eigenvalue weighted by molar-refractivity contribution is 6.30. The molecule has 0 fully saturated rings. The molecule has 1 atom stereocenters. The molecule has 19 heavy (non-hydrogen) atoms. The predicted molar refractivity (Wildman–Crippen MR) is 84.9 cm³/mol. The summed E-state index contributed by atoms with van der Waals surface area (Å²) in [7, 11) is 4.21. The van der Waals surface area contributed by atoms with Crippen LogP contribution in [0.4, 0.5) is 0 Å². The van der Waals surface area contributed by atoms with Gasteiger partial charge in [-0.25, -0.2) is 0 Å². The minimum absolute atomic E-state index is 0.427. The molecule has 1 rings (SSSR count). The molecule has 0 aromatic heterocycles. The van der Waals surface area contributed by atoms with Gasteiger partial charge in [-0.05, 0) is 64.6 Å². The van der Waals surface area contributed by atoms with Crippen LogP contribution in [0.25, 0.3) is 0 Å². The highest BCUT2D eigenvalue weighted by Crippen LogP contribution is 2.22. The smallest absolute Gasteiger partial charge is 0.0409 e. The SMILES string of the molecule is CNCCCCCCN(C)C(C)c1cccc(Cl)c1. The molecule has 0 spiro atoms. The van der Waals surface area contributed by atoms with E-state index >= 15 is 0 Å². The number of nitrogens with one attached hydrogen (secondary N) is 1. The third-order valence-corrected chi connectivity index (χ3v) is 3.91. The molecule has 1 N–H and O–H groups in total. The van der Waals surface area contributed by atoms with Gasteiger partial charge in [0.05, 0.1) is 0 Å². The van der Waals surface area contributed by atoms with Crippen LogP contribution in [0.5, 0.6) is 0 Å². The Morgan fingerprint density at radius 3 is 2.63 bits per heavy atom. The monoisotopic (exact) mass is 282 g/mol. The molecule has 0 saturated heterocycles. The summed E-state index contributed by atoms with van der Waals surface area (Å²) in [5.41, 5.74) is 1.30. The van der Waals surface area contributed by atoms with Crippen LogP contribution in [0.2, 0.25) is 5.02 Å². The molecule has 3 heteroatoms. The molecular weight excluding hydrogens is 256 g/mol. The van der Waals surface area contributed by atoms with Crippen LogP contribution in [0.15, 0.2) is 24.3 Å². The van der Waals surface area contributed by atoms with Crippen LogP contribution < -0.4 is 5.32 Å². The highest BCUT2D eigenvalue weighted by Gasteiger charge is 2.11. The minimum atomic E-state index is 0.427. The number of hydrogen-bond acceptors (Lipinski definition) is 2. The van der Waals surface area contributed by atoms with Crippen molar-refractivity contribution in [1.82, 2.24) is 10.2 Å². The van der Waals surface area contributed by atoms with Crippen LogP contribution in [-0.4, -0.2) is 32.1 Å². The third kappa shape index (κ3) is 6.42. The summed E-state index contributed by atoms with van der Waals surface area (Å²) >= 11 is 6.04. The first-order valence-electron chi connectivity index (χ1n) is 7.25. The van der Waals surface area contributed by atoms with Crippen molar-refractivity contribution in [3.63, 3.8) is 0 Å². The Balaban J connectivity index is 2.27. The molecule has 0 radical (unpaired) electrons. The molecule has 0 heterocycles. The zero-order valence-electron chi connectivity index (χ0n) is 12.5. The maximum atomic E-state index is 6.04. The molecule has 0 saturated carbocycles. The van der Waals surface area contributed by atoms with Crippen molar-refractivity contribution in [1.29, 1.82) is 0 Å². The lowest BCUT2D eigenvalue weighted by Gasteiger charge is -2.25. The molecule has 2 nitrogen and oxygen atoms in total. The Bertz CT molecular complexity index is 354. The standard InChI is InChI=1S/C16H27ClN2/c1-14(15-9-8-10-16(17)13-15)19(3)12-7-5-4-6-11-18-2/h8-10,13-14,18H,4-7,11-12H2,1-3H3. The van der Waals surface area contributed by atoms with E-state index in [9.17, 15) is 0 Å². The van der Waals surface area contributed by atoms with E-state index in [4.69, 9.17) is 11.6 Å². The minimum Gasteiger partial charge on any atom is -0.320 e. The lowest BCUT2D eigenvalue weighted by molar-refractivity contribution is 0.255. The van der Waals surface area contributed by atoms with Crippen LogP contribution in [0.1, 0.15) is 44.2 Å². The number of halogens is 1. The van der Waals surface area contributed by atoms with Crippen LogP contribution in [0.3, 0.4) is 0 Å². The molecule has 0 bridgehead atoms. The molecule has 1 unspecified atom stereocenters. The number of hydrogen-bond donors (Lipinski definition) is 1. The second kappa shape index (κ2) is 9.35. The molecule has 108 valence electrons. The molecule has 1 aromatic carbocycles. The van der Waals surface area contributed by atoms with Gasteiger partial charge in [-0.2, -0.15) is 0 Å². The fraction of sp³-hybridized carbons (Fsp3) is 0.625. The van der Waals surface area contributed by atoms with E-state index < -0.39 is 0 Å². The van der Waals surface area contributed by atoms with E-state index in [-0.39, 0.29) is 0 Å². The molecule has 1 aromatic rings. The Morgan fingerprint density at radius 1 is 1.21 bits per heavy atom. The van der Waals surface area contributed by atoms with Gasteiger partial charge in [-0.15, -0.1) is 0 Å². The van der Waals surface area contributed by atoms with E-state index in [1.54, 1.807) is 0 Å². The summed E-state index contributed by atoms with van der Waals surface area (Å²) in [5, 5.41) is 4.01. The third-order valence-electron chi connectivity index (χ3n) is 3.68. The zero-order valence-corrected chi connectivity index (χ0v) is 13.2. The summed E-state index contributed by atoms with van der Waals surface area (Å²) in [6.45, 7) is 4.52. The van der Waals surface area contributed by atoms with Crippen molar-refractivity contribution >= 4 is 11.6 Å². The molecule has 0 aliphatic heterocycles. The topological polar surface area (TPSA) is 15.3 Å². The second-order valence-corrected chi connectivity index (χ2v) is 5.67. The Hall–Kier alpha value is -0.570. The first-order chi connectivity index (χ1) is 9.15. The number of rotatable bonds is 9. The van der Waals surface area contributed by atoms with Crippen molar-refractivity contribution < 1.29 is 0 Å². The van der Waals surface area contributed by atoms with Crippen LogP contribution in [0, 0.1) is 0 Å². The van der Waals surface area contributed by atoms with Gasteiger partial charge in [0.15, 0.2) is 0 Å². The first-order valence-corrected chi connectivity index (χ1v) is 7.63. The maximum Gasteiger partial charge on any atom is 0.0409 e.